The Hall–Kier alpha value is -0.710. The van der Waals surface area contributed by atoms with Crippen LogP contribution in [0.3, 0.4) is 0 Å². The van der Waals surface area contributed by atoms with Gasteiger partial charge in [0.25, 0.3) is 0 Å². The van der Waals surface area contributed by atoms with Crippen LogP contribution in [0.5, 0.6) is 0 Å². The standard InChI is InChI=1S/C16H16Br2FN/c1-3-20-16(13-7-5-11(17)8-15(13)18)14-9-12(19)6-4-10(14)2/h4-9,16,20H,3H2,1-2H3. The lowest BCUT2D eigenvalue weighted by atomic mass is 9.95. The first-order valence-electron chi connectivity index (χ1n) is 6.47. The van der Waals surface area contributed by atoms with Crippen LogP contribution in [0.25, 0.3) is 0 Å². The maximum absolute atomic E-state index is 13.6. The quantitative estimate of drug-likeness (QED) is 0.728. The molecule has 1 atom stereocenters. The number of rotatable bonds is 4. The van der Waals surface area contributed by atoms with Gasteiger partial charge < -0.3 is 5.32 Å². The summed E-state index contributed by atoms with van der Waals surface area (Å²) in [6, 6.07) is 11.0. The summed E-state index contributed by atoms with van der Waals surface area (Å²) in [5.41, 5.74) is 3.14. The van der Waals surface area contributed by atoms with E-state index in [9.17, 15) is 4.39 Å². The first kappa shape index (κ1) is 15.7. The Labute approximate surface area is 135 Å². The molecular formula is C16H16Br2FN. The van der Waals surface area contributed by atoms with Gasteiger partial charge in [0.05, 0.1) is 6.04 Å². The number of hydrogen-bond donors (Lipinski definition) is 1. The summed E-state index contributed by atoms with van der Waals surface area (Å²) in [6.07, 6.45) is 0. The Kier molecular flexibility index (Phi) is 5.35. The van der Waals surface area contributed by atoms with E-state index in [1.807, 2.05) is 38.1 Å². The minimum Gasteiger partial charge on any atom is -0.306 e. The highest BCUT2D eigenvalue weighted by Crippen LogP contribution is 2.32. The largest absolute Gasteiger partial charge is 0.306 e. The maximum Gasteiger partial charge on any atom is 0.123 e. The topological polar surface area (TPSA) is 12.0 Å². The number of halogens is 3. The molecule has 0 aromatic heterocycles. The van der Waals surface area contributed by atoms with Crippen molar-refractivity contribution in [3.8, 4) is 0 Å². The average molecular weight is 401 g/mol. The van der Waals surface area contributed by atoms with Crippen LogP contribution in [0.1, 0.15) is 29.7 Å². The third-order valence-corrected chi connectivity index (χ3v) is 4.41. The third-order valence-electron chi connectivity index (χ3n) is 3.23. The Bertz CT molecular complexity index is 613. The molecule has 0 fully saturated rings. The lowest BCUT2D eigenvalue weighted by Gasteiger charge is -2.22. The Morgan fingerprint density at radius 3 is 2.50 bits per heavy atom. The molecule has 0 bridgehead atoms. The molecule has 0 radical (unpaired) electrons. The summed E-state index contributed by atoms with van der Waals surface area (Å²) in [4.78, 5) is 0. The summed E-state index contributed by atoms with van der Waals surface area (Å²) >= 11 is 7.05. The van der Waals surface area contributed by atoms with Crippen molar-refractivity contribution in [1.82, 2.24) is 5.32 Å². The number of nitrogens with one attached hydrogen (secondary N) is 1. The second kappa shape index (κ2) is 6.83. The SMILES string of the molecule is CCNC(c1cc(F)ccc1C)c1ccc(Br)cc1Br. The Morgan fingerprint density at radius 2 is 1.85 bits per heavy atom. The van der Waals surface area contributed by atoms with E-state index in [1.165, 1.54) is 6.07 Å². The number of aryl methyl sites for hydroxylation is 1. The van der Waals surface area contributed by atoms with E-state index < -0.39 is 0 Å². The summed E-state index contributed by atoms with van der Waals surface area (Å²) in [6.45, 7) is 4.86. The van der Waals surface area contributed by atoms with Gasteiger partial charge in [0.15, 0.2) is 0 Å². The first-order valence-corrected chi connectivity index (χ1v) is 8.06. The molecule has 2 aromatic carbocycles. The van der Waals surface area contributed by atoms with Crippen molar-refractivity contribution in [3.05, 3.63) is 67.9 Å². The zero-order valence-corrected chi connectivity index (χ0v) is 14.6. The molecule has 4 heteroatoms. The lowest BCUT2D eigenvalue weighted by molar-refractivity contribution is 0.599. The zero-order valence-electron chi connectivity index (χ0n) is 11.4. The first-order chi connectivity index (χ1) is 9.52. The predicted molar refractivity (Wildman–Crippen MR) is 88.5 cm³/mol. The van der Waals surface area contributed by atoms with Crippen molar-refractivity contribution in [2.75, 3.05) is 6.54 Å². The van der Waals surface area contributed by atoms with E-state index in [2.05, 4.69) is 37.2 Å². The molecule has 1 unspecified atom stereocenters. The van der Waals surface area contributed by atoms with Crippen LogP contribution in [0.15, 0.2) is 45.3 Å². The molecule has 0 aliphatic carbocycles. The van der Waals surface area contributed by atoms with Gasteiger partial charge in [-0.15, -0.1) is 0 Å². The smallest absolute Gasteiger partial charge is 0.123 e. The van der Waals surface area contributed by atoms with E-state index in [0.717, 1.165) is 32.2 Å². The molecule has 0 saturated heterocycles. The summed E-state index contributed by atoms with van der Waals surface area (Å²) in [5, 5.41) is 3.43. The number of hydrogen-bond acceptors (Lipinski definition) is 1. The summed E-state index contributed by atoms with van der Waals surface area (Å²) < 4.78 is 15.6. The molecule has 0 spiro atoms. The highest BCUT2D eigenvalue weighted by atomic mass is 79.9. The van der Waals surface area contributed by atoms with E-state index in [4.69, 9.17) is 0 Å². The van der Waals surface area contributed by atoms with Crippen LogP contribution in [0.4, 0.5) is 4.39 Å². The molecule has 2 aromatic rings. The molecule has 0 heterocycles. The zero-order chi connectivity index (χ0) is 14.7. The Balaban J connectivity index is 2.53. The molecule has 106 valence electrons. The van der Waals surface area contributed by atoms with Crippen LogP contribution in [-0.2, 0) is 0 Å². The minimum absolute atomic E-state index is 0.0295. The van der Waals surface area contributed by atoms with E-state index in [1.54, 1.807) is 6.07 Å². The van der Waals surface area contributed by atoms with Gasteiger partial charge in [0, 0.05) is 8.95 Å². The van der Waals surface area contributed by atoms with Crippen LogP contribution in [0, 0.1) is 12.7 Å². The summed E-state index contributed by atoms with van der Waals surface area (Å²) in [5.74, 6) is -0.207. The summed E-state index contributed by atoms with van der Waals surface area (Å²) in [7, 11) is 0. The van der Waals surface area contributed by atoms with Gasteiger partial charge in [-0.1, -0.05) is 50.9 Å². The second-order valence-corrected chi connectivity index (χ2v) is 6.43. The fourth-order valence-corrected chi connectivity index (χ4v) is 3.53. The van der Waals surface area contributed by atoms with Crippen molar-refractivity contribution in [1.29, 1.82) is 0 Å². The van der Waals surface area contributed by atoms with Crippen molar-refractivity contribution >= 4 is 31.9 Å². The van der Waals surface area contributed by atoms with Crippen LogP contribution >= 0.6 is 31.9 Å². The van der Waals surface area contributed by atoms with Crippen molar-refractivity contribution in [2.45, 2.75) is 19.9 Å². The van der Waals surface area contributed by atoms with Crippen molar-refractivity contribution in [3.63, 3.8) is 0 Å². The second-order valence-electron chi connectivity index (χ2n) is 4.66. The molecule has 2 rings (SSSR count). The lowest BCUT2D eigenvalue weighted by Crippen LogP contribution is -2.23. The molecule has 0 amide bonds. The molecule has 20 heavy (non-hydrogen) atoms. The number of benzene rings is 2. The van der Waals surface area contributed by atoms with Gasteiger partial charge >= 0.3 is 0 Å². The fraction of sp³-hybridized carbons (Fsp3) is 0.250. The van der Waals surface area contributed by atoms with Gasteiger partial charge in [-0.3, -0.25) is 0 Å². The normalized spacial score (nSPS) is 12.4. The van der Waals surface area contributed by atoms with Crippen molar-refractivity contribution in [2.24, 2.45) is 0 Å². The van der Waals surface area contributed by atoms with Gasteiger partial charge in [-0.05, 0) is 54.4 Å². The van der Waals surface area contributed by atoms with E-state index >= 15 is 0 Å². The Morgan fingerprint density at radius 1 is 1.10 bits per heavy atom. The van der Waals surface area contributed by atoms with Crippen LogP contribution < -0.4 is 5.32 Å². The maximum atomic E-state index is 13.6. The highest BCUT2D eigenvalue weighted by Gasteiger charge is 2.18. The van der Waals surface area contributed by atoms with Gasteiger partial charge in [-0.25, -0.2) is 4.39 Å². The predicted octanol–water partition coefficient (Wildman–Crippen LogP) is 5.36. The molecular weight excluding hydrogens is 385 g/mol. The monoisotopic (exact) mass is 399 g/mol. The van der Waals surface area contributed by atoms with Crippen LogP contribution in [-0.4, -0.2) is 6.54 Å². The van der Waals surface area contributed by atoms with E-state index in [0.29, 0.717) is 0 Å². The molecule has 0 aliphatic rings. The average Bonchev–Trinajstić information content (AvgIpc) is 2.40. The molecule has 1 nitrogen and oxygen atoms in total. The van der Waals surface area contributed by atoms with Gasteiger partial charge in [-0.2, -0.15) is 0 Å². The molecule has 0 aliphatic heterocycles. The fourth-order valence-electron chi connectivity index (χ4n) is 2.25. The van der Waals surface area contributed by atoms with Gasteiger partial charge in [0.1, 0.15) is 5.82 Å². The van der Waals surface area contributed by atoms with Crippen molar-refractivity contribution < 1.29 is 4.39 Å². The van der Waals surface area contributed by atoms with E-state index in [-0.39, 0.29) is 11.9 Å². The molecule has 1 N–H and O–H groups in total. The minimum atomic E-state index is -0.207. The highest BCUT2D eigenvalue weighted by molar-refractivity contribution is 9.11. The third kappa shape index (κ3) is 3.48. The van der Waals surface area contributed by atoms with Crippen LogP contribution in [0.2, 0.25) is 0 Å². The van der Waals surface area contributed by atoms with Gasteiger partial charge in [0.2, 0.25) is 0 Å². The molecule has 0 saturated carbocycles.